The third-order valence-corrected chi connectivity index (χ3v) is 2.10. The summed E-state index contributed by atoms with van der Waals surface area (Å²) in [5.74, 6) is 0. The van der Waals surface area contributed by atoms with Crippen molar-refractivity contribution in [3.8, 4) is 0 Å². The molecule has 2 nitrogen and oxygen atoms in total. The summed E-state index contributed by atoms with van der Waals surface area (Å²) in [6.07, 6.45) is 2.99. The fourth-order valence-corrected chi connectivity index (χ4v) is 0.986. The van der Waals surface area contributed by atoms with Gasteiger partial charge in [-0.1, -0.05) is 6.92 Å². The lowest BCUT2D eigenvalue weighted by Gasteiger charge is -2.14. The molecule has 0 N–H and O–H groups in total. The van der Waals surface area contributed by atoms with E-state index in [2.05, 4.69) is 6.92 Å². The van der Waals surface area contributed by atoms with Gasteiger partial charge < -0.3 is 9.53 Å². The van der Waals surface area contributed by atoms with E-state index in [1.807, 2.05) is 0 Å². The summed E-state index contributed by atoms with van der Waals surface area (Å²) in [4.78, 5) is 10.3. The molecule has 0 aromatic carbocycles. The molecule has 1 rings (SSSR count). The second-order valence-electron chi connectivity index (χ2n) is 2.95. The van der Waals surface area contributed by atoms with Crippen LogP contribution >= 0.6 is 0 Å². The summed E-state index contributed by atoms with van der Waals surface area (Å²) >= 11 is 0. The highest BCUT2D eigenvalue weighted by Crippen LogP contribution is 2.48. The molecule has 0 heterocycles. The van der Waals surface area contributed by atoms with Gasteiger partial charge in [0.25, 0.3) is 0 Å². The summed E-state index contributed by atoms with van der Waals surface area (Å²) in [6.45, 7) is 2.08. The number of ether oxygens (including phenoxy) is 1. The summed E-state index contributed by atoms with van der Waals surface area (Å²) in [5.41, 5.74) is 0.177. The van der Waals surface area contributed by atoms with Crippen molar-refractivity contribution in [3.05, 3.63) is 0 Å². The van der Waals surface area contributed by atoms with Crippen LogP contribution in [0.4, 0.5) is 0 Å². The molecule has 0 aromatic heterocycles. The lowest BCUT2D eigenvalue weighted by Crippen LogP contribution is -2.22. The molecule has 1 aliphatic rings. The quantitative estimate of drug-likeness (QED) is 0.530. The van der Waals surface area contributed by atoms with E-state index in [9.17, 15) is 4.79 Å². The molecule has 0 saturated heterocycles. The van der Waals surface area contributed by atoms with Crippen LogP contribution in [0.25, 0.3) is 0 Å². The van der Waals surface area contributed by atoms with Crippen LogP contribution in [-0.2, 0) is 9.53 Å². The number of carbonyl (C=O) groups excluding carboxylic acids is 1. The van der Waals surface area contributed by atoms with Crippen LogP contribution < -0.4 is 0 Å². The molecule has 0 aromatic rings. The SMILES string of the molecule is COC(C=O)C1(C)CC1. The van der Waals surface area contributed by atoms with E-state index in [-0.39, 0.29) is 11.5 Å². The number of methoxy groups -OCH3 is 1. The van der Waals surface area contributed by atoms with Crippen LogP contribution in [0.1, 0.15) is 19.8 Å². The molecule has 0 spiro atoms. The maximum Gasteiger partial charge on any atom is 0.149 e. The molecule has 1 unspecified atom stereocenters. The molecular weight excluding hydrogens is 116 g/mol. The predicted octanol–water partition coefficient (Wildman–Crippen LogP) is 1.00. The molecule has 0 bridgehead atoms. The fourth-order valence-electron chi connectivity index (χ4n) is 0.986. The van der Waals surface area contributed by atoms with E-state index in [1.54, 1.807) is 7.11 Å². The first kappa shape index (κ1) is 6.75. The molecule has 2 heteroatoms. The lowest BCUT2D eigenvalue weighted by atomic mass is 10.0. The fraction of sp³-hybridized carbons (Fsp3) is 0.857. The second kappa shape index (κ2) is 2.10. The highest BCUT2D eigenvalue weighted by atomic mass is 16.5. The zero-order valence-corrected chi connectivity index (χ0v) is 5.89. The van der Waals surface area contributed by atoms with Crippen molar-refractivity contribution >= 4 is 6.29 Å². The molecule has 1 fully saturated rings. The normalized spacial score (nSPS) is 25.1. The standard InChI is InChI=1S/C7H12O2/c1-7(3-4-7)6(5-8)9-2/h5-6H,3-4H2,1-2H3. The van der Waals surface area contributed by atoms with Gasteiger partial charge in [0.1, 0.15) is 12.4 Å². The summed E-state index contributed by atoms with van der Waals surface area (Å²) in [7, 11) is 1.59. The maximum atomic E-state index is 10.3. The van der Waals surface area contributed by atoms with Gasteiger partial charge in [0.2, 0.25) is 0 Å². The van der Waals surface area contributed by atoms with Crippen molar-refractivity contribution < 1.29 is 9.53 Å². The minimum atomic E-state index is -0.169. The largest absolute Gasteiger partial charge is 0.373 e. The molecule has 9 heavy (non-hydrogen) atoms. The number of carbonyl (C=O) groups is 1. The average Bonchev–Trinajstić information content (AvgIpc) is 2.52. The van der Waals surface area contributed by atoms with Crippen LogP contribution in [-0.4, -0.2) is 19.5 Å². The molecule has 0 aliphatic heterocycles. The minimum absolute atomic E-state index is 0.169. The van der Waals surface area contributed by atoms with Gasteiger partial charge in [-0.15, -0.1) is 0 Å². The lowest BCUT2D eigenvalue weighted by molar-refractivity contribution is -0.119. The van der Waals surface area contributed by atoms with Crippen LogP contribution in [0.2, 0.25) is 0 Å². The van der Waals surface area contributed by atoms with E-state index < -0.39 is 0 Å². The van der Waals surface area contributed by atoms with Gasteiger partial charge in [0.15, 0.2) is 0 Å². The summed E-state index contributed by atoms with van der Waals surface area (Å²) in [5, 5.41) is 0. The molecule has 0 amide bonds. The zero-order chi connectivity index (χ0) is 6.91. The predicted molar refractivity (Wildman–Crippen MR) is 34.2 cm³/mol. The van der Waals surface area contributed by atoms with E-state index in [0.29, 0.717) is 0 Å². The van der Waals surface area contributed by atoms with Gasteiger partial charge in [0, 0.05) is 12.5 Å². The van der Waals surface area contributed by atoms with E-state index >= 15 is 0 Å². The monoisotopic (exact) mass is 128 g/mol. The van der Waals surface area contributed by atoms with E-state index in [1.165, 1.54) is 0 Å². The molecule has 1 saturated carbocycles. The smallest absolute Gasteiger partial charge is 0.149 e. The zero-order valence-electron chi connectivity index (χ0n) is 5.89. The van der Waals surface area contributed by atoms with Gasteiger partial charge in [-0.2, -0.15) is 0 Å². The number of hydrogen-bond acceptors (Lipinski definition) is 2. The van der Waals surface area contributed by atoms with E-state index in [4.69, 9.17) is 4.74 Å². The topological polar surface area (TPSA) is 26.3 Å². The first-order valence-electron chi connectivity index (χ1n) is 3.21. The Morgan fingerprint density at radius 1 is 1.67 bits per heavy atom. The van der Waals surface area contributed by atoms with Crippen molar-refractivity contribution in [2.75, 3.05) is 7.11 Å². The Morgan fingerprint density at radius 3 is 2.33 bits per heavy atom. The molecule has 0 radical (unpaired) electrons. The van der Waals surface area contributed by atoms with Gasteiger partial charge in [-0.25, -0.2) is 0 Å². The highest BCUT2D eigenvalue weighted by molar-refractivity contribution is 5.58. The Balaban J connectivity index is 2.46. The summed E-state index contributed by atoms with van der Waals surface area (Å²) < 4.78 is 4.96. The summed E-state index contributed by atoms with van der Waals surface area (Å²) in [6, 6.07) is 0. The third-order valence-electron chi connectivity index (χ3n) is 2.10. The first-order valence-corrected chi connectivity index (χ1v) is 3.21. The minimum Gasteiger partial charge on any atom is -0.373 e. The van der Waals surface area contributed by atoms with E-state index in [0.717, 1.165) is 19.1 Å². The number of rotatable bonds is 3. The van der Waals surface area contributed by atoms with Crippen LogP contribution in [0.5, 0.6) is 0 Å². The molecule has 1 aliphatic carbocycles. The van der Waals surface area contributed by atoms with Crippen molar-refractivity contribution in [2.45, 2.75) is 25.9 Å². The third kappa shape index (κ3) is 1.13. The number of aldehydes is 1. The molecule has 1 atom stereocenters. The molecule has 52 valence electrons. The van der Waals surface area contributed by atoms with Gasteiger partial charge in [-0.05, 0) is 12.8 Å². The van der Waals surface area contributed by atoms with Crippen molar-refractivity contribution in [2.24, 2.45) is 5.41 Å². The average molecular weight is 128 g/mol. The Bertz CT molecular complexity index is 116. The Morgan fingerprint density at radius 2 is 2.22 bits per heavy atom. The Hall–Kier alpha value is -0.370. The van der Waals surface area contributed by atoms with Crippen molar-refractivity contribution in [3.63, 3.8) is 0 Å². The number of hydrogen-bond donors (Lipinski definition) is 0. The van der Waals surface area contributed by atoms with Crippen LogP contribution in [0.3, 0.4) is 0 Å². The maximum absolute atomic E-state index is 10.3. The van der Waals surface area contributed by atoms with Gasteiger partial charge in [0.05, 0.1) is 0 Å². The Kier molecular flexibility index (Phi) is 1.58. The van der Waals surface area contributed by atoms with Crippen LogP contribution in [0.15, 0.2) is 0 Å². The first-order chi connectivity index (χ1) is 4.23. The van der Waals surface area contributed by atoms with Crippen molar-refractivity contribution in [1.29, 1.82) is 0 Å². The van der Waals surface area contributed by atoms with Crippen molar-refractivity contribution in [1.82, 2.24) is 0 Å². The van der Waals surface area contributed by atoms with Crippen LogP contribution in [0, 0.1) is 5.41 Å². The highest BCUT2D eigenvalue weighted by Gasteiger charge is 2.45. The van der Waals surface area contributed by atoms with Gasteiger partial charge in [-0.3, -0.25) is 0 Å². The second-order valence-corrected chi connectivity index (χ2v) is 2.95. The Labute approximate surface area is 55.2 Å². The van der Waals surface area contributed by atoms with Gasteiger partial charge >= 0.3 is 0 Å². The molecular formula is C7H12O2.